The lowest BCUT2D eigenvalue weighted by Gasteiger charge is -2.16. The van der Waals surface area contributed by atoms with Crippen LogP contribution in [0.25, 0.3) is 11.3 Å². The van der Waals surface area contributed by atoms with Crippen LogP contribution in [-0.4, -0.2) is 10.9 Å². The van der Waals surface area contributed by atoms with Crippen LogP contribution in [-0.2, 0) is 12.8 Å². The molecule has 23 heavy (non-hydrogen) atoms. The van der Waals surface area contributed by atoms with Crippen LogP contribution in [0.5, 0.6) is 0 Å². The van der Waals surface area contributed by atoms with Gasteiger partial charge in [0, 0.05) is 10.9 Å². The third-order valence-corrected chi connectivity index (χ3v) is 4.91. The Morgan fingerprint density at radius 2 is 2.04 bits per heavy atom. The van der Waals surface area contributed by atoms with E-state index in [-0.39, 0.29) is 5.91 Å². The molecule has 0 aliphatic heterocycles. The first-order valence-corrected chi connectivity index (χ1v) is 8.59. The number of hydrogen-bond acceptors (Lipinski definition) is 4. The van der Waals surface area contributed by atoms with E-state index in [0.29, 0.717) is 10.7 Å². The number of carbonyl (C=O) groups is 1. The van der Waals surface area contributed by atoms with Gasteiger partial charge in [-0.15, -0.1) is 11.3 Å². The first-order valence-electron chi connectivity index (χ1n) is 7.71. The Bertz CT molecular complexity index is 837. The summed E-state index contributed by atoms with van der Waals surface area (Å²) in [5.41, 5.74) is 5.42. The highest BCUT2D eigenvalue weighted by Crippen LogP contribution is 2.29. The van der Waals surface area contributed by atoms with Gasteiger partial charge in [-0.3, -0.25) is 10.1 Å². The normalized spacial score (nSPS) is 13.6. The zero-order chi connectivity index (χ0) is 15.6. The average Bonchev–Trinajstić information content (AvgIpc) is 3.26. The molecular formula is C18H16N2O2S. The van der Waals surface area contributed by atoms with Crippen molar-refractivity contribution in [3.63, 3.8) is 0 Å². The summed E-state index contributed by atoms with van der Waals surface area (Å²) in [4.78, 5) is 16.5. The van der Waals surface area contributed by atoms with Crippen molar-refractivity contribution >= 4 is 22.4 Å². The lowest BCUT2D eigenvalue weighted by Crippen LogP contribution is -2.10. The Hall–Kier alpha value is -2.40. The van der Waals surface area contributed by atoms with Crippen molar-refractivity contribution in [3.05, 3.63) is 58.9 Å². The van der Waals surface area contributed by atoms with Crippen molar-refractivity contribution in [1.29, 1.82) is 0 Å². The molecule has 1 N–H and O–H groups in total. The van der Waals surface area contributed by atoms with Crippen LogP contribution < -0.4 is 5.32 Å². The number of aromatic nitrogens is 1. The summed E-state index contributed by atoms with van der Waals surface area (Å²) in [6, 6.07) is 8.21. The minimum Gasteiger partial charge on any atom is -0.472 e. The number of hydrogen-bond donors (Lipinski definition) is 1. The van der Waals surface area contributed by atoms with Crippen LogP contribution in [0, 0.1) is 0 Å². The number of thiazole rings is 1. The van der Waals surface area contributed by atoms with Gasteiger partial charge in [0.05, 0.1) is 17.5 Å². The monoisotopic (exact) mass is 324 g/mol. The van der Waals surface area contributed by atoms with Gasteiger partial charge >= 0.3 is 0 Å². The second-order valence-corrected chi connectivity index (χ2v) is 6.55. The summed E-state index contributed by atoms with van der Waals surface area (Å²) in [6.07, 6.45) is 7.78. The van der Waals surface area contributed by atoms with E-state index >= 15 is 0 Å². The van der Waals surface area contributed by atoms with Crippen molar-refractivity contribution in [1.82, 2.24) is 4.98 Å². The maximum atomic E-state index is 12.0. The minimum atomic E-state index is -0.204. The summed E-state index contributed by atoms with van der Waals surface area (Å²) in [5, 5.41) is 5.39. The molecule has 0 saturated heterocycles. The van der Waals surface area contributed by atoms with E-state index in [2.05, 4.69) is 28.5 Å². The van der Waals surface area contributed by atoms with Gasteiger partial charge in [-0.25, -0.2) is 4.98 Å². The van der Waals surface area contributed by atoms with E-state index < -0.39 is 0 Å². The van der Waals surface area contributed by atoms with Gasteiger partial charge in [0.1, 0.15) is 6.26 Å². The lowest BCUT2D eigenvalue weighted by molar-refractivity contribution is 0.102. The standard InChI is InChI=1S/C18H16N2O2S/c21-17(15-7-8-22-10-15)20-18-19-16(11-23-18)14-6-5-12-3-1-2-4-13(12)9-14/h5-11H,1-4H2,(H,19,20,21). The highest BCUT2D eigenvalue weighted by atomic mass is 32.1. The lowest BCUT2D eigenvalue weighted by atomic mass is 9.90. The second kappa shape index (κ2) is 6.01. The molecule has 1 amide bonds. The molecule has 116 valence electrons. The van der Waals surface area contributed by atoms with Crippen molar-refractivity contribution < 1.29 is 9.21 Å². The summed E-state index contributed by atoms with van der Waals surface area (Å²) in [5.74, 6) is -0.204. The first kappa shape index (κ1) is 14.2. The molecule has 0 unspecified atom stereocenters. The van der Waals surface area contributed by atoms with Crippen molar-refractivity contribution in [3.8, 4) is 11.3 Å². The zero-order valence-corrected chi connectivity index (χ0v) is 13.4. The number of rotatable bonds is 3. The zero-order valence-electron chi connectivity index (χ0n) is 12.5. The van der Waals surface area contributed by atoms with E-state index in [1.54, 1.807) is 6.07 Å². The first-order chi connectivity index (χ1) is 11.3. The Labute approximate surface area is 138 Å². The van der Waals surface area contributed by atoms with Crippen molar-refractivity contribution in [2.45, 2.75) is 25.7 Å². The van der Waals surface area contributed by atoms with Crippen molar-refractivity contribution in [2.24, 2.45) is 0 Å². The smallest absolute Gasteiger partial charge is 0.260 e. The SMILES string of the molecule is O=C(Nc1nc(-c2ccc3c(c2)CCCC3)cs1)c1ccoc1. The molecule has 1 aliphatic rings. The largest absolute Gasteiger partial charge is 0.472 e. The number of fused-ring (bicyclic) bond motifs is 1. The van der Waals surface area contributed by atoms with E-state index in [4.69, 9.17) is 4.42 Å². The van der Waals surface area contributed by atoms with Crippen LogP contribution in [0.4, 0.5) is 5.13 Å². The summed E-state index contributed by atoms with van der Waals surface area (Å²) in [7, 11) is 0. The molecule has 2 heterocycles. The summed E-state index contributed by atoms with van der Waals surface area (Å²) >= 11 is 1.43. The third-order valence-electron chi connectivity index (χ3n) is 4.15. The number of aryl methyl sites for hydroxylation is 2. The molecule has 0 saturated carbocycles. The van der Waals surface area contributed by atoms with E-state index in [1.165, 1.54) is 54.3 Å². The minimum absolute atomic E-state index is 0.204. The predicted molar refractivity (Wildman–Crippen MR) is 90.9 cm³/mol. The molecule has 0 bridgehead atoms. The van der Waals surface area contributed by atoms with Gasteiger partial charge in [0.2, 0.25) is 0 Å². The van der Waals surface area contributed by atoms with Crippen molar-refractivity contribution in [2.75, 3.05) is 5.32 Å². The molecule has 1 aromatic carbocycles. The molecular weight excluding hydrogens is 308 g/mol. The van der Waals surface area contributed by atoms with E-state index in [9.17, 15) is 4.79 Å². The molecule has 1 aliphatic carbocycles. The summed E-state index contributed by atoms with van der Waals surface area (Å²) < 4.78 is 4.92. The third kappa shape index (κ3) is 2.92. The number of anilines is 1. The highest BCUT2D eigenvalue weighted by molar-refractivity contribution is 7.14. The van der Waals surface area contributed by atoms with Gasteiger partial charge < -0.3 is 4.42 Å². The van der Waals surface area contributed by atoms with Crippen LogP contribution in [0.3, 0.4) is 0 Å². The van der Waals surface area contributed by atoms with Gasteiger partial charge in [0.25, 0.3) is 5.91 Å². The molecule has 3 aromatic rings. The van der Waals surface area contributed by atoms with Gasteiger partial charge in [-0.2, -0.15) is 0 Å². The number of furan rings is 1. The molecule has 4 nitrogen and oxygen atoms in total. The average molecular weight is 324 g/mol. The fourth-order valence-electron chi connectivity index (χ4n) is 2.92. The second-order valence-electron chi connectivity index (χ2n) is 5.69. The fraction of sp³-hybridized carbons (Fsp3) is 0.222. The van der Waals surface area contributed by atoms with E-state index in [1.807, 2.05) is 5.38 Å². The Kier molecular flexibility index (Phi) is 3.71. The van der Waals surface area contributed by atoms with E-state index in [0.717, 1.165) is 17.7 Å². The predicted octanol–water partition coefficient (Wildman–Crippen LogP) is 4.53. The molecule has 5 heteroatoms. The highest BCUT2D eigenvalue weighted by Gasteiger charge is 2.13. The maximum absolute atomic E-state index is 12.0. The molecule has 0 spiro atoms. The van der Waals surface area contributed by atoms with Crippen LogP contribution >= 0.6 is 11.3 Å². The molecule has 0 radical (unpaired) electrons. The topological polar surface area (TPSA) is 55.1 Å². The Balaban J connectivity index is 1.55. The number of nitrogens with zero attached hydrogens (tertiary/aromatic N) is 1. The Morgan fingerprint density at radius 3 is 2.87 bits per heavy atom. The number of carbonyl (C=O) groups excluding carboxylic acids is 1. The molecule has 0 atom stereocenters. The maximum Gasteiger partial charge on any atom is 0.260 e. The Morgan fingerprint density at radius 1 is 1.17 bits per heavy atom. The quantitative estimate of drug-likeness (QED) is 0.770. The van der Waals surface area contributed by atoms with Crippen LogP contribution in [0.15, 0.2) is 46.6 Å². The van der Waals surface area contributed by atoms with Crippen LogP contribution in [0.2, 0.25) is 0 Å². The number of nitrogens with one attached hydrogen (secondary N) is 1. The van der Waals surface area contributed by atoms with Crippen LogP contribution in [0.1, 0.15) is 34.3 Å². The van der Waals surface area contributed by atoms with Gasteiger partial charge in [-0.05, 0) is 48.9 Å². The fourth-order valence-corrected chi connectivity index (χ4v) is 3.63. The molecule has 4 rings (SSSR count). The number of amides is 1. The van der Waals surface area contributed by atoms with Gasteiger partial charge in [0.15, 0.2) is 5.13 Å². The number of benzene rings is 1. The summed E-state index contributed by atoms with van der Waals surface area (Å²) in [6.45, 7) is 0. The molecule has 2 aromatic heterocycles. The molecule has 0 fully saturated rings. The van der Waals surface area contributed by atoms with Gasteiger partial charge in [-0.1, -0.05) is 12.1 Å².